The Bertz CT molecular complexity index is 261. The predicted octanol–water partition coefficient (Wildman–Crippen LogP) is 2.10. The van der Waals surface area contributed by atoms with Crippen molar-refractivity contribution in [3.8, 4) is 0 Å². The zero-order valence-electron chi connectivity index (χ0n) is 7.91. The molecule has 0 aliphatic heterocycles. The summed E-state index contributed by atoms with van der Waals surface area (Å²) in [5.41, 5.74) is 1.41. The molecule has 0 saturated heterocycles. The van der Waals surface area contributed by atoms with Crippen LogP contribution in [-0.4, -0.2) is 17.1 Å². The van der Waals surface area contributed by atoms with Crippen molar-refractivity contribution >= 4 is 6.29 Å². The van der Waals surface area contributed by atoms with E-state index in [1.54, 1.807) is 13.8 Å². The van der Waals surface area contributed by atoms with Crippen molar-refractivity contribution in [3.05, 3.63) is 23.3 Å². The van der Waals surface area contributed by atoms with E-state index >= 15 is 0 Å². The van der Waals surface area contributed by atoms with Crippen LogP contribution in [-0.2, 0) is 9.68 Å². The van der Waals surface area contributed by atoms with Gasteiger partial charge in [-0.3, -0.25) is 5.26 Å². The normalized spacial score (nSPS) is 16.8. The minimum absolute atomic E-state index is 0.460. The fourth-order valence-corrected chi connectivity index (χ4v) is 1.30. The van der Waals surface area contributed by atoms with Crippen molar-refractivity contribution in [1.29, 1.82) is 0 Å². The van der Waals surface area contributed by atoms with E-state index in [-0.39, 0.29) is 0 Å². The SMILES string of the molecule is CC(C)(OO)C1=CC=C(CC=O)C1. The van der Waals surface area contributed by atoms with Gasteiger partial charge in [-0.2, -0.15) is 0 Å². The van der Waals surface area contributed by atoms with Crippen molar-refractivity contribution in [2.45, 2.75) is 32.3 Å². The topological polar surface area (TPSA) is 46.5 Å². The van der Waals surface area contributed by atoms with E-state index in [9.17, 15) is 4.79 Å². The molecule has 3 heteroatoms. The smallest absolute Gasteiger partial charge is 0.124 e. The summed E-state index contributed by atoms with van der Waals surface area (Å²) in [6, 6.07) is 0. The summed E-state index contributed by atoms with van der Waals surface area (Å²) in [7, 11) is 0. The van der Waals surface area contributed by atoms with Gasteiger partial charge < -0.3 is 4.79 Å². The lowest BCUT2D eigenvalue weighted by Gasteiger charge is -2.22. The molecule has 0 heterocycles. The van der Waals surface area contributed by atoms with Gasteiger partial charge in [0.1, 0.15) is 11.9 Å². The third kappa shape index (κ3) is 2.26. The molecule has 0 fully saturated rings. The average Bonchev–Trinajstić information content (AvgIpc) is 2.54. The van der Waals surface area contributed by atoms with Crippen molar-refractivity contribution in [3.63, 3.8) is 0 Å². The van der Waals surface area contributed by atoms with Crippen LogP contribution in [0.2, 0.25) is 0 Å². The highest BCUT2D eigenvalue weighted by molar-refractivity contribution is 5.56. The van der Waals surface area contributed by atoms with E-state index < -0.39 is 5.60 Å². The molecule has 0 aromatic carbocycles. The van der Waals surface area contributed by atoms with E-state index in [2.05, 4.69) is 4.89 Å². The molecule has 0 amide bonds. The van der Waals surface area contributed by atoms with E-state index in [0.29, 0.717) is 12.8 Å². The fourth-order valence-electron chi connectivity index (χ4n) is 1.30. The monoisotopic (exact) mass is 182 g/mol. The van der Waals surface area contributed by atoms with Crippen molar-refractivity contribution in [2.24, 2.45) is 0 Å². The molecule has 72 valence electrons. The van der Waals surface area contributed by atoms with Crippen molar-refractivity contribution in [2.75, 3.05) is 0 Å². The molecule has 0 saturated carbocycles. The van der Waals surface area contributed by atoms with Gasteiger partial charge in [0, 0.05) is 6.42 Å². The summed E-state index contributed by atoms with van der Waals surface area (Å²) in [6.45, 7) is 3.58. The molecule has 1 aliphatic rings. The maximum atomic E-state index is 10.2. The van der Waals surface area contributed by atoms with Gasteiger partial charge in [-0.05, 0) is 25.8 Å². The number of aldehydes is 1. The molecular formula is C10H14O3. The van der Waals surface area contributed by atoms with Crippen LogP contribution in [0.3, 0.4) is 0 Å². The van der Waals surface area contributed by atoms with Crippen molar-refractivity contribution < 1.29 is 14.9 Å². The predicted molar refractivity (Wildman–Crippen MR) is 49.3 cm³/mol. The second-order valence-electron chi connectivity index (χ2n) is 3.67. The van der Waals surface area contributed by atoms with Gasteiger partial charge in [0.05, 0.1) is 0 Å². The minimum atomic E-state index is -0.652. The number of carbonyl (C=O) groups is 1. The first-order valence-electron chi connectivity index (χ1n) is 4.25. The Morgan fingerprint density at radius 3 is 2.85 bits per heavy atom. The van der Waals surface area contributed by atoms with Crippen LogP contribution in [0.15, 0.2) is 23.3 Å². The number of rotatable bonds is 4. The van der Waals surface area contributed by atoms with Gasteiger partial charge >= 0.3 is 0 Å². The van der Waals surface area contributed by atoms with Crippen LogP contribution in [0.25, 0.3) is 0 Å². The lowest BCUT2D eigenvalue weighted by atomic mass is 9.95. The fraction of sp³-hybridized carbons (Fsp3) is 0.500. The van der Waals surface area contributed by atoms with Crippen LogP contribution >= 0.6 is 0 Å². The molecule has 0 atom stereocenters. The first-order valence-corrected chi connectivity index (χ1v) is 4.25. The van der Waals surface area contributed by atoms with Gasteiger partial charge in [-0.25, -0.2) is 4.89 Å². The molecule has 3 nitrogen and oxygen atoms in total. The molecule has 0 aromatic rings. The third-order valence-electron chi connectivity index (χ3n) is 2.28. The molecule has 13 heavy (non-hydrogen) atoms. The highest BCUT2D eigenvalue weighted by Gasteiger charge is 2.26. The highest BCUT2D eigenvalue weighted by atomic mass is 17.1. The summed E-state index contributed by atoms with van der Waals surface area (Å²) in [5.74, 6) is 0. The van der Waals surface area contributed by atoms with E-state index in [0.717, 1.165) is 17.4 Å². The zero-order valence-corrected chi connectivity index (χ0v) is 7.91. The Morgan fingerprint density at radius 1 is 1.62 bits per heavy atom. The van der Waals surface area contributed by atoms with Gasteiger partial charge in [0.2, 0.25) is 0 Å². The first kappa shape index (κ1) is 10.2. The number of hydrogen-bond donors (Lipinski definition) is 1. The quantitative estimate of drug-likeness (QED) is 0.411. The standard InChI is InChI=1S/C10H14O3/c1-10(2,13-12)9-4-3-8(7-9)5-6-11/h3-4,6,12H,5,7H2,1-2H3. The number of carbonyl (C=O) groups excluding carboxylic acids is 1. The molecule has 1 N–H and O–H groups in total. The second kappa shape index (κ2) is 3.85. The Balaban J connectivity index is 2.58. The number of hydrogen-bond acceptors (Lipinski definition) is 3. The number of allylic oxidation sites excluding steroid dienone is 3. The molecule has 0 aromatic heterocycles. The molecule has 0 unspecified atom stereocenters. The highest BCUT2D eigenvalue weighted by Crippen LogP contribution is 2.31. The van der Waals surface area contributed by atoms with Crippen LogP contribution in [0.4, 0.5) is 0 Å². The summed E-state index contributed by atoms with van der Waals surface area (Å²) in [6.07, 6.45) is 5.86. The van der Waals surface area contributed by atoms with E-state index in [1.807, 2.05) is 12.2 Å². The maximum absolute atomic E-state index is 10.2. The Morgan fingerprint density at radius 2 is 2.31 bits per heavy atom. The van der Waals surface area contributed by atoms with Crippen LogP contribution in [0.1, 0.15) is 26.7 Å². The van der Waals surface area contributed by atoms with Gasteiger partial charge in [0.25, 0.3) is 0 Å². The Hall–Kier alpha value is -0.930. The van der Waals surface area contributed by atoms with Crippen molar-refractivity contribution in [1.82, 2.24) is 0 Å². The van der Waals surface area contributed by atoms with Gasteiger partial charge in [-0.15, -0.1) is 0 Å². The van der Waals surface area contributed by atoms with Gasteiger partial charge in [0.15, 0.2) is 0 Å². The second-order valence-corrected chi connectivity index (χ2v) is 3.67. The lowest BCUT2D eigenvalue weighted by molar-refractivity contribution is -0.300. The van der Waals surface area contributed by atoms with Gasteiger partial charge in [-0.1, -0.05) is 17.7 Å². The summed E-state index contributed by atoms with van der Waals surface area (Å²) >= 11 is 0. The third-order valence-corrected chi connectivity index (χ3v) is 2.28. The zero-order chi connectivity index (χ0) is 9.90. The molecular weight excluding hydrogens is 168 g/mol. The molecule has 0 bridgehead atoms. The largest absolute Gasteiger partial charge is 0.303 e. The molecule has 0 spiro atoms. The Labute approximate surface area is 77.6 Å². The maximum Gasteiger partial charge on any atom is 0.124 e. The summed E-state index contributed by atoms with van der Waals surface area (Å²) < 4.78 is 0. The van der Waals surface area contributed by atoms with E-state index in [4.69, 9.17) is 5.26 Å². The molecule has 1 aliphatic carbocycles. The van der Waals surface area contributed by atoms with Crippen LogP contribution in [0.5, 0.6) is 0 Å². The molecule has 0 radical (unpaired) electrons. The van der Waals surface area contributed by atoms with Crippen LogP contribution in [0, 0.1) is 0 Å². The van der Waals surface area contributed by atoms with Crippen LogP contribution < -0.4 is 0 Å². The lowest BCUT2D eigenvalue weighted by Crippen LogP contribution is -2.25. The average molecular weight is 182 g/mol. The van der Waals surface area contributed by atoms with E-state index in [1.165, 1.54) is 0 Å². The summed E-state index contributed by atoms with van der Waals surface area (Å²) in [5, 5.41) is 8.64. The first-order chi connectivity index (χ1) is 6.10. The Kier molecular flexibility index (Phi) is 3.01. The molecule has 1 rings (SSSR count). The summed E-state index contributed by atoms with van der Waals surface area (Å²) in [4.78, 5) is 14.6. The minimum Gasteiger partial charge on any atom is -0.303 e.